The lowest BCUT2D eigenvalue weighted by Gasteiger charge is -2.05. The Bertz CT molecular complexity index is 407. The van der Waals surface area contributed by atoms with Gasteiger partial charge in [0.25, 0.3) is 0 Å². The first kappa shape index (κ1) is 8.58. The minimum atomic E-state index is -4.58. The molecule has 0 unspecified atom stereocenters. The van der Waals surface area contributed by atoms with E-state index in [1.807, 2.05) is 0 Å². The lowest BCUT2D eigenvalue weighted by Crippen LogP contribution is -2.21. The predicted molar refractivity (Wildman–Crippen MR) is 43.5 cm³/mol. The zero-order chi connectivity index (χ0) is 9.47. The molecule has 0 saturated carbocycles. The van der Waals surface area contributed by atoms with Gasteiger partial charge in [0.05, 0.1) is 12.2 Å². The molecule has 2 rings (SSSR count). The Balaban J connectivity index is 2.33. The fraction of sp³-hybridized carbons (Fsp3) is 0.286. The number of hydrogen-bond acceptors (Lipinski definition) is 3. The summed E-state index contributed by atoms with van der Waals surface area (Å²) in [6.07, 6.45) is 1.56. The summed E-state index contributed by atoms with van der Waals surface area (Å²) in [6, 6.07) is 3.45. The van der Waals surface area contributed by atoms with Gasteiger partial charge in [-0.1, -0.05) is 9.95 Å². The van der Waals surface area contributed by atoms with Crippen LogP contribution < -0.4 is 0 Å². The molecule has 0 bridgehead atoms. The van der Waals surface area contributed by atoms with Gasteiger partial charge < -0.3 is 0 Å². The second-order valence-electron chi connectivity index (χ2n) is 2.82. The number of fused-ring (bicyclic) bond motifs is 1. The number of nitrogens with zero attached hydrogens (tertiary/aromatic N) is 2. The molecule has 0 spiro atoms. The average molecular weight is 202 g/mol. The molecule has 0 fully saturated rings. The molecule has 13 heavy (non-hydrogen) atoms. The van der Waals surface area contributed by atoms with Crippen molar-refractivity contribution in [2.75, 3.05) is 0 Å². The summed E-state index contributed by atoms with van der Waals surface area (Å²) in [5.74, 6) is 0. The predicted octanol–water partition coefficient (Wildman–Crippen LogP) is 0.612. The highest BCUT2D eigenvalue weighted by Gasteiger charge is 2.29. The number of aromatic nitrogens is 1. The fourth-order valence-electron chi connectivity index (χ4n) is 1.32. The van der Waals surface area contributed by atoms with Crippen LogP contribution in [-0.2, 0) is 23.5 Å². The molecule has 2 heterocycles. The number of rotatable bonds is 1. The van der Waals surface area contributed by atoms with Gasteiger partial charge in [-0.05, 0) is 11.6 Å². The summed E-state index contributed by atoms with van der Waals surface area (Å²) in [7, 11) is -4.58. The molecule has 1 aromatic rings. The fourth-order valence-corrected chi connectivity index (χ4v) is 1.89. The Morgan fingerprint density at radius 3 is 2.85 bits per heavy atom. The Kier molecular flexibility index (Phi) is 1.81. The van der Waals surface area contributed by atoms with Crippen LogP contribution in [0.3, 0.4) is 0 Å². The normalized spacial score (nSPS) is 17.3. The van der Waals surface area contributed by atoms with Crippen LogP contribution in [0.15, 0.2) is 18.3 Å². The van der Waals surface area contributed by atoms with Gasteiger partial charge in [-0.2, -0.15) is 12.7 Å². The van der Waals surface area contributed by atoms with E-state index in [9.17, 15) is 12.3 Å². The second kappa shape index (κ2) is 2.74. The van der Waals surface area contributed by atoms with Gasteiger partial charge in [0.2, 0.25) is 0 Å². The second-order valence-corrected chi connectivity index (χ2v) is 4.16. The Morgan fingerprint density at radius 2 is 2.23 bits per heavy atom. The molecule has 70 valence electrons. The summed E-state index contributed by atoms with van der Waals surface area (Å²) < 4.78 is 34.4. The van der Waals surface area contributed by atoms with Crippen LogP contribution in [0.25, 0.3) is 0 Å². The highest BCUT2D eigenvalue weighted by molar-refractivity contribution is 7.83. The average Bonchev–Trinajstić information content (AvgIpc) is 2.45. The van der Waals surface area contributed by atoms with Crippen LogP contribution in [-0.4, -0.2) is 17.7 Å². The minimum absolute atomic E-state index is 0.0367. The van der Waals surface area contributed by atoms with Crippen LogP contribution in [0.1, 0.15) is 11.3 Å². The molecule has 0 atom stereocenters. The highest BCUT2D eigenvalue weighted by Crippen LogP contribution is 2.23. The quantitative estimate of drug-likeness (QED) is 0.627. The van der Waals surface area contributed by atoms with E-state index in [0.717, 1.165) is 9.87 Å². The molecule has 0 N–H and O–H groups in total. The minimum Gasteiger partial charge on any atom is -0.260 e. The Morgan fingerprint density at radius 1 is 1.46 bits per heavy atom. The standard InChI is InChI=1S/C7H7FN2O2S/c8-13(11,12)10-4-6-2-1-3-9-7(6)5-10/h1-3H,4-5H2. The number of pyridine rings is 1. The number of hydrogen-bond donors (Lipinski definition) is 0. The third-order valence-corrected chi connectivity index (χ3v) is 2.84. The van der Waals surface area contributed by atoms with Gasteiger partial charge in [0.15, 0.2) is 0 Å². The summed E-state index contributed by atoms with van der Waals surface area (Å²) in [4.78, 5) is 3.95. The van der Waals surface area contributed by atoms with Crippen molar-refractivity contribution in [2.45, 2.75) is 13.1 Å². The zero-order valence-corrected chi connectivity index (χ0v) is 7.46. The van der Waals surface area contributed by atoms with E-state index in [2.05, 4.69) is 4.98 Å². The monoisotopic (exact) mass is 202 g/mol. The molecule has 0 radical (unpaired) electrons. The van der Waals surface area contributed by atoms with Crippen LogP contribution >= 0.6 is 0 Å². The molecular formula is C7H7FN2O2S. The first-order valence-electron chi connectivity index (χ1n) is 3.70. The van der Waals surface area contributed by atoms with E-state index in [4.69, 9.17) is 0 Å². The van der Waals surface area contributed by atoms with Crippen molar-refractivity contribution in [1.82, 2.24) is 9.29 Å². The third kappa shape index (κ3) is 1.54. The molecule has 1 aliphatic rings. The van der Waals surface area contributed by atoms with Crippen molar-refractivity contribution in [1.29, 1.82) is 0 Å². The lowest BCUT2D eigenvalue weighted by atomic mass is 10.2. The van der Waals surface area contributed by atoms with Crippen LogP contribution in [0.5, 0.6) is 0 Å². The van der Waals surface area contributed by atoms with Crippen molar-refractivity contribution >= 4 is 10.4 Å². The van der Waals surface area contributed by atoms with E-state index >= 15 is 0 Å². The van der Waals surface area contributed by atoms with Crippen molar-refractivity contribution in [3.63, 3.8) is 0 Å². The first-order valence-corrected chi connectivity index (χ1v) is 5.04. The maximum absolute atomic E-state index is 12.5. The molecule has 1 aromatic heterocycles. The highest BCUT2D eigenvalue weighted by atomic mass is 32.3. The van der Waals surface area contributed by atoms with Crippen LogP contribution in [0.4, 0.5) is 3.89 Å². The molecule has 0 amide bonds. The van der Waals surface area contributed by atoms with Gasteiger partial charge in [0.1, 0.15) is 0 Å². The SMILES string of the molecule is O=S(=O)(F)N1Cc2cccnc2C1. The van der Waals surface area contributed by atoms with Crippen molar-refractivity contribution in [3.05, 3.63) is 29.6 Å². The number of halogens is 1. The van der Waals surface area contributed by atoms with Gasteiger partial charge in [-0.15, -0.1) is 0 Å². The maximum Gasteiger partial charge on any atom is 0.375 e. The Labute approximate surface area is 75.4 Å². The summed E-state index contributed by atoms with van der Waals surface area (Å²) >= 11 is 0. The van der Waals surface area contributed by atoms with E-state index in [1.54, 1.807) is 18.3 Å². The maximum atomic E-state index is 12.5. The molecule has 0 aliphatic carbocycles. The molecular weight excluding hydrogens is 195 g/mol. The van der Waals surface area contributed by atoms with Crippen molar-refractivity contribution in [2.24, 2.45) is 0 Å². The van der Waals surface area contributed by atoms with E-state index in [1.165, 1.54) is 0 Å². The Hall–Kier alpha value is -1.01. The van der Waals surface area contributed by atoms with E-state index in [-0.39, 0.29) is 13.1 Å². The third-order valence-electron chi connectivity index (χ3n) is 1.97. The van der Waals surface area contributed by atoms with Gasteiger partial charge in [-0.3, -0.25) is 4.98 Å². The van der Waals surface area contributed by atoms with Crippen LogP contribution in [0, 0.1) is 0 Å². The molecule has 0 saturated heterocycles. The molecule has 1 aliphatic heterocycles. The lowest BCUT2D eigenvalue weighted by molar-refractivity contribution is 0.398. The van der Waals surface area contributed by atoms with Crippen molar-refractivity contribution < 1.29 is 12.3 Å². The van der Waals surface area contributed by atoms with Crippen LogP contribution in [0.2, 0.25) is 0 Å². The summed E-state index contributed by atoms with van der Waals surface area (Å²) in [6.45, 7) is 0.122. The van der Waals surface area contributed by atoms with E-state index < -0.39 is 10.4 Å². The molecule has 6 heteroatoms. The largest absolute Gasteiger partial charge is 0.375 e. The summed E-state index contributed by atoms with van der Waals surface area (Å²) in [5.41, 5.74) is 1.40. The smallest absolute Gasteiger partial charge is 0.260 e. The topological polar surface area (TPSA) is 50.3 Å². The summed E-state index contributed by atoms with van der Waals surface area (Å²) in [5, 5.41) is 0. The van der Waals surface area contributed by atoms with Gasteiger partial charge in [0, 0.05) is 12.7 Å². The zero-order valence-electron chi connectivity index (χ0n) is 6.64. The molecule has 0 aromatic carbocycles. The first-order chi connectivity index (χ1) is 6.07. The molecule has 4 nitrogen and oxygen atoms in total. The van der Waals surface area contributed by atoms with Gasteiger partial charge >= 0.3 is 10.4 Å². The van der Waals surface area contributed by atoms with E-state index in [0.29, 0.717) is 5.69 Å². The van der Waals surface area contributed by atoms with Gasteiger partial charge in [-0.25, -0.2) is 0 Å². The van der Waals surface area contributed by atoms with Crippen molar-refractivity contribution in [3.8, 4) is 0 Å².